The number of pyridine rings is 4. The van der Waals surface area contributed by atoms with Crippen LogP contribution in [0.4, 0.5) is 85.3 Å². The Morgan fingerprint density at radius 3 is 0.965 bits per heavy atom. The second-order valence-electron chi connectivity index (χ2n) is 36.7. The Morgan fingerprint density at radius 2 is 0.655 bits per heavy atom. The lowest BCUT2D eigenvalue weighted by molar-refractivity contribution is -0.139. The van der Waals surface area contributed by atoms with Crippen molar-refractivity contribution in [2.45, 2.75) is 215 Å². The standard InChI is InChI=1S/C26H28F4N6O.C26H29F3N6O.C24H26F4N6O.C24H27F3N6O/c1-25(37,17-4-5-17)7-6-18-11-22-19(12-32-18)20(15-36(22)23-21(27)13-33-24(31)34-23)16-3-2-9-35(14-16)10-8-26(28,29)30;1-25(36,18-2-3-18)8-4-19-14-22-20(15-32-19)21(16-35(22)23-5-10-31-24(30)33-23)17-6-11-34(12-7-17)13-9-26(27,28)29;1-23(2,35)6-3-16-11-20-17(12-30-16)18(14-34(20)21-19(25)13-31-22(29)32-21)15-4-8-33(9-5-15)10-7-24(26,27)28;1-23(2,34)7-3-17-13-20-18(14-30-17)19(15-33(20)21-4-9-29-22(28)31-21)16-5-10-32(11-6-16)12-8-24(25,26)27/h11-13,15-17,37H,2-5,8-10,14H2,1H3,(H2,31,33,34);5,10,14-18,36H,2-3,6-7,9,11-13H2,1H3,(H2,30,31,33);11-15,35H,4-5,7-10H2,1-2H3,(H2,29,31,32);4,9,13-16,34H,5-6,8,10-12H2,1-2H3,(H2,28,29,31)/i;;2*1D3,2D3. The van der Waals surface area contributed by atoms with Crippen LogP contribution >= 0.6 is 0 Å². The van der Waals surface area contributed by atoms with Gasteiger partial charge in [0, 0.05) is 133 Å². The molecule has 3 atom stereocenters. The molecule has 142 heavy (non-hydrogen) atoms. The summed E-state index contributed by atoms with van der Waals surface area (Å²) in [4.78, 5) is 56.6. The van der Waals surface area contributed by atoms with E-state index in [1.54, 1.807) is 82.0 Å². The van der Waals surface area contributed by atoms with Gasteiger partial charge in [-0.2, -0.15) is 72.6 Å². The maximum atomic E-state index is 14.8. The van der Waals surface area contributed by atoms with Gasteiger partial charge in [0.1, 0.15) is 56.8 Å². The number of likely N-dealkylation sites (tertiary alicyclic amines) is 4. The quantitative estimate of drug-likeness (QED) is 0.0292. The number of aromatic nitrogens is 16. The molecule has 6 aliphatic rings. The zero-order valence-electron chi connectivity index (χ0n) is 89.0. The predicted octanol–water partition coefficient (Wildman–Crippen LogP) is 15.7. The molecule has 12 aromatic heterocycles. The first-order valence-electron chi connectivity index (χ1n) is 51.9. The average Bonchev–Trinajstić information content (AvgIpc) is 1.58. The number of nitrogen functional groups attached to an aromatic ring is 4. The van der Waals surface area contributed by atoms with Gasteiger partial charge in [-0.1, -0.05) is 23.7 Å². The van der Waals surface area contributed by atoms with Gasteiger partial charge in [0.2, 0.25) is 23.8 Å². The van der Waals surface area contributed by atoms with E-state index in [-0.39, 0.29) is 109 Å². The van der Waals surface area contributed by atoms with Gasteiger partial charge in [0.25, 0.3) is 0 Å². The lowest BCUT2D eigenvalue weighted by atomic mass is 9.89. The van der Waals surface area contributed by atoms with Gasteiger partial charge in [-0.25, -0.2) is 48.7 Å². The first-order valence-corrected chi connectivity index (χ1v) is 45.9. The number of fused-ring (bicyclic) bond motifs is 4. The number of piperidine rings is 4. The summed E-state index contributed by atoms with van der Waals surface area (Å²) in [6.45, 7) is -6.01. The molecule has 3 unspecified atom stereocenters. The van der Waals surface area contributed by atoms with E-state index >= 15 is 0 Å². The van der Waals surface area contributed by atoms with Crippen LogP contribution in [-0.2, 0) is 0 Å². The Kier molecular flexibility index (Phi) is 26.3. The van der Waals surface area contributed by atoms with E-state index < -0.39 is 112 Å². The first-order chi connectivity index (χ1) is 72.0. The van der Waals surface area contributed by atoms with Crippen molar-refractivity contribution in [3.05, 3.63) is 167 Å². The van der Waals surface area contributed by atoms with Gasteiger partial charge >= 0.3 is 24.7 Å². The molecule has 752 valence electrons. The van der Waals surface area contributed by atoms with Gasteiger partial charge in [0.15, 0.2) is 23.3 Å². The average molecular weight is 1990 g/mol. The number of alkyl halides is 12. The number of hydrogen-bond acceptors (Lipinski definition) is 24. The fourth-order valence-corrected chi connectivity index (χ4v) is 18.2. The summed E-state index contributed by atoms with van der Waals surface area (Å²) in [5, 5.41) is 45.0. The highest BCUT2D eigenvalue weighted by Gasteiger charge is 2.42. The lowest BCUT2D eigenvalue weighted by Crippen LogP contribution is -2.36. The minimum absolute atomic E-state index is 0.00863. The summed E-state index contributed by atoms with van der Waals surface area (Å²) < 4.78 is 278. The van der Waals surface area contributed by atoms with E-state index in [9.17, 15) is 81.9 Å². The molecule has 2 aliphatic carbocycles. The highest BCUT2D eigenvalue weighted by Crippen LogP contribution is 2.45. The maximum absolute atomic E-state index is 14.8. The zero-order valence-corrected chi connectivity index (χ0v) is 77.0. The number of anilines is 4. The molecule has 12 N–H and O–H groups in total. The van der Waals surface area contributed by atoms with E-state index in [2.05, 4.69) is 95.3 Å². The van der Waals surface area contributed by atoms with Crippen LogP contribution in [0.1, 0.15) is 229 Å². The van der Waals surface area contributed by atoms with Crippen LogP contribution < -0.4 is 22.9 Å². The maximum Gasteiger partial charge on any atom is 0.390 e. The van der Waals surface area contributed by atoms with Crippen LogP contribution in [0.5, 0.6) is 0 Å². The van der Waals surface area contributed by atoms with E-state index in [0.29, 0.717) is 128 Å². The number of nitrogens with zero attached hydrogens (tertiary/aromatic N) is 20. The molecule has 0 radical (unpaired) electrons. The smallest absolute Gasteiger partial charge is 0.378 e. The van der Waals surface area contributed by atoms with Crippen molar-refractivity contribution < 1.29 is 98.3 Å². The summed E-state index contributed by atoms with van der Waals surface area (Å²) in [5.74, 6) is 20.0. The van der Waals surface area contributed by atoms with Gasteiger partial charge < -0.3 is 72.1 Å². The highest BCUT2D eigenvalue weighted by atomic mass is 19.4. The summed E-state index contributed by atoms with van der Waals surface area (Å²) in [6, 6.07) is 9.85. The normalized spacial score (nSPS) is 19.5. The van der Waals surface area contributed by atoms with Gasteiger partial charge in [-0.05, 0) is 282 Å². The third kappa shape index (κ3) is 27.6. The molecule has 4 saturated heterocycles. The van der Waals surface area contributed by atoms with E-state index in [4.69, 9.17) is 39.4 Å². The van der Waals surface area contributed by atoms with Crippen LogP contribution in [0, 0.1) is 70.8 Å². The monoisotopic (exact) mass is 1990 g/mol. The molecule has 0 spiro atoms. The number of rotatable bonds is 18. The van der Waals surface area contributed by atoms with Gasteiger partial charge in [0.05, 0.1) is 60.1 Å². The van der Waals surface area contributed by atoms with Crippen molar-refractivity contribution in [1.29, 1.82) is 0 Å². The molecule has 0 aromatic carbocycles. The Balaban J connectivity index is 0.000000153. The molecule has 28 nitrogen and oxygen atoms in total. The van der Waals surface area contributed by atoms with E-state index in [0.717, 1.165) is 102 Å². The fourth-order valence-electron chi connectivity index (χ4n) is 18.2. The van der Waals surface area contributed by atoms with Crippen molar-refractivity contribution in [2.75, 3.05) is 101 Å². The molecule has 2 saturated carbocycles. The van der Waals surface area contributed by atoms with Crippen LogP contribution in [0.2, 0.25) is 0 Å². The van der Waals surface area contributed by atoms with Crippen molar-refractivity contribution >= 4 is 67.4 Å². The van der Waals surface area contributed by atoms with E-state index in [1.807, 2.05) is 44.7 Å². The predicted molar refractivity (Wildman–Crippen MR) is 507 cm³/mol. The Hall–Kier alpha value is -12.8. The fraction of sp³-hybridized carbons (Fsp3) is 0.480. The molecule has 18 rings (SSSR count). The molecule has 0 amide bonds. The molecule has 4 aliphatic heterocycles. The molecular formula is C100H110F14N24O4. The van der Waals surface area contributed by atoms with Crippen molar-refractivity contribution in [2.24, 2.45) is 11.8 Å². The summed E-state index contributed by atoms with van der Waals surface area (Å²) in [7, 11) is 0. The topological polar surface area (TPSA) is 372 Å². The van der Waals surface area contributed by atoms with Crippen molar-refractivity contribution in [1.82, 2.24) is 97.7 Å². The SMILES string of the molecule is CC(O)(C#Cc1cc2c(cn1)c(C1CCCN(CCC(F)(F)F)C1)cn2-c1nc(N)ncc1F)C1CC1.CC(O)(C#Cc1cc2c(cn1)c(C1CCN(CCC(F)(F)F)CC1)cn2-c1ccnc(N)n1)C1CC1.[2H]C([2H])([2H])C(O)(C#Cc1cc2c(cn1)c(C1CCN(CCC(F)(F)F)CC1)cn2-c1ccnc(N)n1)C([2H])([2H])[2H].[2H]C([2H])([2H])C(O)(C#Cc1cc2c(cn1)c(C1CCN(CCC(F)(F)F)CC1)cn2-c1nc(N)ncc1F)C([2H])([2H])[2H]. The zero-order chi connectivity index (χ0) is 112. The Bertz CT molecular complexity index is 7290. The highest BCUT2D eigenvalue weighted by molar-refractivity contribution is 5.89. The Morgan fingerprint density at radius 1 is 0.359 bits per heavy atom. The van der Waals surface area contributed by atoms with Gasteiger partial charge in [-0.3, -0.25) is 9.13 Å². The largest absolute Gasteiger partial charge is 0.390 e. The molecule has 0 bridgehead atoms. The minimum Gasteiger partial charge on any atom is -0.378 e. The van der Waals surface area contributed by atoms with Crippen molar-refractivity contribution in [3.8, 4) is 70.6 Å². The minimum atomic E-state index is -4.25. The van der Waals surface area contributed by atoms with Crippen LogP contribution in [0.15, 0.2) is 111 Å². The number of aliphatic hydroxyl groups is 4. The molecule has 16 heterocycles. The molecule has 42 heteroatoms. The second kappa shape index (κ2) is 42.4. The number of hydrogen-bond donors (Lipinski definition) is 8. The Labute approximate surface area is 826 Å². The third-order valence-electron chi connectivity index (χ3n) is 25.9. The second-order valence-corrected chi connectivity index (χ2v) is 36.7. The van der Waals surface area contributed by atoms with Crippen molar-refractivity contribution in [3.63, 3.8) is 0 Å². The van der Waals surface area contributed by atoms with Gasteiger partial charge in [-0.15, -0.1) is 0 Å². The summed E-state index contributed by atoms with van der Waals surface area (Å²) in [6.07, 6.45) is 7.44. The van der Waals surface area contributed by atoms with Crippen LogP contribution in [0.25, 0.3) is 66.9 Å². The summed E-state index contributed by atoms with van der Waals surface area (Å²) in [5.41, 5.74) is 21.0. The first kappa shape index (κ1) is 88.2. The molecule has 12 aromatic rings. The lowest BCUT2D eigenvalue weighted by Gasteiger charge is -2.32. The summed E-state index contributed by atoms with van der Waals surface area (Å²) >= 11 is 0. The molecule has 6 fully saturated rings. The van der Waals surface area contributed by atoms with E-state index in [1.165, 1.54) is 35.3 Å². The van der Waals surface area contributed by atoms with Crippen LogP contribution in [0.3, 0.4) is 0 Å². The third-order valence-corrected chi connectivity index (χ3v) is 25.9. The number of nitrogens with two attached hydrogens (primary N) is 4. The van der Waals surface area contributed by atoms with Crippen LogP contribution in [-0.4, -0.2) is 244 Å². The number of halogens is 14. The molecular weight excluding hydrogens is 1870 g/mol.